The van der Waals surface area contributed by atoms with Crippen molar-refractivity contribution in [2.24, 2.45) is 0 Å². The van der Waals surface area contributed by atoms with Crippen LogP contribution in [0.15, 0.2) is 0 Å². The van der Waals surface area contributed by atoms with Gasteiger partial charge in [0.25, 0.3) is 0 Å². The van der Waals surface area contributed by atoms with E-state index in [1.54, 1.807) is 0 Å². The second kappa shape index (κ2) is 3.07. The molecule has 62 valence electrons. The van der Waals surface area contributed by atoms with Gasteiger partial charge in [0.1, 0.15) is 5.82 Å². The van der Waals surface area contributed by atoms with E-state index in [1.807, 2.05) is 6.92 Å². The zero-order valence-electron chi connectivity index (χ0n) is 7.73. The molecular formula is C9H16N2. The zero-order valence-corrected chi connectivity index (χ0v) is 7.73. The van der Waals surface area contributed by atoms with Crippen molar-refractivity contribution in [3.8, 4) is 0 Å². The second-order valence-corrected chi connectivity index (χ2v) is 3.14. The van der Waals surface area contributed by atoms with Gasteiger partial charge in [0.05, 0.1) is 5.69 Å². The monoisotopic (exact) mass is 152 g/mol. The van der Waals surface area contributed by atoms with Crippen LogP contribution < -0.4 is 0 Å². The summed E-state index contributed by atoms with van der Waals surface area (Å²) in [6.45, 7) is 8.47. The van der Waals surface area contributed by atoms with Crippen molar-refractivity contribution in [2.45, 2.75) is 40.0 Å². The number of hydrogen-bond acceptors (Lipinski definition) is 1. The Bertz CT molecular complexity index is 218. The molecule has 0 amide bonds. The maximum absolute atomic E-state index is 4.43. The first-order valence-corrected chi connectivity index (χ1v) is 4.18. The molecule has 0 fully saturated rings. The molecule has 11 heavy (non-hydrogen) atoms. The summed E-state index contributed by atoms with van der Waals surface area (Å²) in [4.78, 5) is 7.71. The van der Waals surface area contributed by atoms with Crippen molar-refractivity contribution in [1.29, 1.82) is 0 Å². The standard InChI is InChI=1S/C9H16N2/c1-5-6(2)9-10-7(3)8(4)11-9/h6H,5H2,1-4H3,(H,10,11). The Morgan fingerprint density at radius 1 is 1.45 bits per heavy atom. The third-order valence-corrected chi connectivity index (χ3v) is 2.23. The molecule has 0 spiro atoms. The molecule has 0 aromatic carbocycles. The molecule has 2 nitrogen and oxygen atoms in total. The summed E-state index contributed by atoms with van der Waals surface area (Å²) < 4.78 is 0. The first-order chi connectivity index (χ1) is 5.15. The number of hydrogen-bond donors (Lipinski definition) is 1. The number of aromatic amines is 1. The largest absolute Gasteiger partial charge is 0.346 e. The lowest BCUT2D eigenvalue weighted by Gasteiger charge is -2.02. The molecule has 0 aliphatic carbocycles. The van der Waals surface area contributed by atoms with Gasteiger partial charge in [0, 0.05) is 11.6 Å². The zero-order chi connectivity index (χ0) is 8.43. The van der Waals surface area contributed by atoms with Gasteiger partial charge in [-0.05, 0) is 20.3 Å². The van der Waals surface area contributed by atoms with Gasteiger partial charge in [0.15, 0.2) is 0 Å². The van der Waals surface area contributed by atoms with Crippen LogP contribution in [0.25, 0.3) is 0 Å². The van der Waals surface area contributed by atoms with Crippen LogP contribution in [0.2, 0.25) is 0 Å². The minimum atomic E-state index is 0.558. The molecule has 0 bridgehead atoms. The van der Waals surface area contributed by atoms with Crippen LogP contribution >= 0.6 is 0 Å². The molecular weight excluding hydrogens is 136 g/mol. The summed E-state index contributed by atoms with van der Waals surface area (Å²) in [5, 5.41) is 0. The highest BCUT2D eigenvalue weighted by atomic mass is 14.9. The summed E-state index contributed by atoms with van der Waals surface area (Å²) in [7, 11) is 0. The van der Waals surface area contributed by atoms with Gasteiger partial charge >= 0.3 is 0 Å². The highest BCUT2D eigenvalue weighted by Crippen LogP contribution is 2.16. The molecule has 1 aromatic rings. The predicted octanol–water partition coefficient (Wildman–Crippen LogP) is 2.54. The molecule has 0 saturated heterocycles. The van der Waals surface area contributed by atoms with Crippen LogP contribution in [-0.2, 0) is 0 Å². The Kier molecular flexibility index (Phi) is 2.32. The molecule has 1 unspecified atom stereocenters. The topological polar surface area (TPSA) is 28.7 Å². The normalized spacial score (nSPS) is 13.5. The van der Waals surface area contributed by atoms with Gasteiger partial charge in [-0.15, -0.1) is 0 Å². The maximum Gasteiger partial charge on any atom is 0.109 e. The lowest BCUT2D eigenvalue weighted by Crippen LogP contribution is -1.93. The van der Waals surface area contributed by atoms with Gasteiger partial charge in [-0.1, -0.05) is 13.8 Å². The van der Waals surface area contributed by atoms with E-state index < -0.39 is 0 Å². The van der Waals surface area contributed by atoms with E-state index in [9.17, 15) is 0 Å². The van der Waals surface area contributed by atoms with E-state index >= 15 is 0 Å². The Morgan fingerprint density at radius 2 is 2.09 bits per heavy atom. The quantitative estimate of drug-likeness (QED) is 0.693. The first-order valence-electron chi connectivity index (χ1n) is 4.18. The summed E-state index contributed by atoms with van der Waals surface area (Å²) in [6.07, 6.45) is 1.15. The molecule has 0 aliphatic rings. The molecule has 0 saturated carbocycles. The van der Waals surface area contributed by atoms with Crippen LogP contribution in [0, 0.1) is 13.8 Å². The van der Waals surface area contributed by atoms with Gasteiger partial charge in [-0.3, -0.25) is 0 Å². The van der Waals surface area contributed by atoms with Gasteiger partial charge in [-0.2, -0.15) is 0 Å². The lowest BCUT2D eigenvalue weighted by atomic mass is 10.1. The van der Waals surface area contributed by atoms with Crippen LogP contribution in [0.3, 0.4) is 0 Å². The number of imidazole rings is 1. The molecule has 1 heterocycles. The van der Waals surface area contributed by atoms with Gasteiger partial charge in [-0.25, -0.2) is 4.98 Å². The van der Waals surface area contributed by atoms with E-state index in [1.165, 1.54) is 5.69 Å². The number of aryl methyl sites for hydroxylation is 2. The fourth-order valence-electron chi connectivity index (χ4n) is 1.00. The van der Waals surface area contributed by atoms with Crippen LogP contribution in [0.5, 0.6) is 0 Å². The molecule has 2 heteroatoms. The van der Waals surface area contributed by atoms with Crippen LogP contribution in [0.4, 0.5) is 0 Å². The minimum Gasteiger partial charge on any atom is -0.346 e. The second-order valence-electron chi connectivity index (χ2n) is 3.14. The van der Waals surface area contributed by atoms with Gasteiger partial charge in [0.2, 0.25) is 0 Å². The average Bonchev–Trinajstić information content (AvgIpc) is 2.31. The number of nitrogens with zero attached hydrogens (tertiary/aromatic N) is 1. The smallest absolute Gasteiger partial charge is 0.109 e. The fourth-order valence-corrected chi connectivity index (χ4v) is 1.00. The van der Waals surface area contributed by atoms with Crippen LogP contribution in [-0.4, -0.2) is 9.97 Å². The number of nitrogens with one attached hydrogen (secondary N) is 1. The highest BCUT2D eigenvalue weighted by molar-refractivity contribution is 5.12. The summed E-state index contributed by atoms with van der Waals surface area (Å²) in [5.74, 6) is 1.69. The fraction of sp³-hybridized carbons (Fsp3) is 0.667. The Labute approximate surface area is 68.0 Å². The third kappa shape index (κ3) is 1.62. The molecule has 1 rings (SSSR count). The molecule has 0 aliphatic heterocycles. The molecule has 1 N–H and O–H groups in total. The average molecular weight is 152 g/mol. The van der Waals surface area contributed by atoms with E-state index in [0.717, 1.165) is 17.9 Å². The van der Waals surface area contributed by atoms with E-state index in [4.69, 9.17) is 0 Å². The van der Waals surface area contributed by atoms with Crippen LogP contribution in [0.1, 0.15) is 43.4 Å². The first kappa shape index (κ1) is 8.31. The minimum absolute atomic E-state index is 0.558. The number of H-pyrrole nitrogens is 1. The Morgan fingerprint density at radius 3 is 2.45 bits per heavy atom. The third-order valence-electron chi connectivity index (χ3n) is 2.23. The summed E-state index contributed by atoms with van der Waals surface area (Å²) in [5.41, 5.74) is 2.32. The Balaban J connectivity index is 2.88. The number of rotatable bonds is 2. The van der Waals surface area contributed by atoms with Gasteiger partial charge < -0.3 is 4.98 Å². The maximum atomic E-state index is 4.43. The lowest BCUT2D eigenvalue weighted by molar-refractivity contribution is 0.687. The van der Waals surface area contributed by atoms with E-state index in [0.29, 0.717) is 5.92 Å². The van der Waals surface area contributed by atoms with Crippen molar-refractivity contribution in [2.75, 3.05) is 0 Å². The molecule has 1 atom stereocenters. The van der Waals surface area contributed by atoms with Crippen molar-refractivity contribution in [3.05, 3.63) is 17.2 Å². The highest BCUT2D eigenvalue weighted by Gasteiger charge is 2.07. The van der Waals surface area contributed by atoms with Crippen molar-refractivity contribution in [1.82, 2.24) is 9.97 Å². The van der Waals surface area contributed by atoms with Crippen molar-refractivity contribution >= 4 is 0 Å². The van der Waals surface area contributed by atoms with Crippen molar-refractivity contribution in [3.63, 3.8) is 0 Å². The SMILES string of the molecule is CCC(C)c1nc(C)c(C)[nH]1. The summed E-state index contributed by atoms with van der Waals surface area (Å²) >= 11 is 0. The van der Waals surface area contributed by atoms with E-state index in [2.05, 4.69) is 30.7 Å². The van der Waals surface area contributed by atoms with Crippen molar-refractivity contribution < 1.29 is 0 Å². The molecule has 1 aromatic heterocycles. The predicted molar refractivity (Wildman–Crippen MR) is 46.8 cm³/mol. The van der Waals surface area contributed by atoms with E-state index in [-0.39, 0.29) is 0 Å². The molecule has 0 radical (unpaired) electrons. The number of aromatic nitrogens is 2. The Hall–Kier alpha value is -0.790. The summed E-state index contributed by atoms with van der Waals surface area (Å²) in [6, 6.07) is 0.